The molecule has 0 aliphatic heterocycles. The van der Waals surface area contributed by atoms with Crippen LogP contribution >= 0.6 is 23.5 Å². The molecule has 1 aromatic heterocycles. The Balaban J connectivity index is 1.64. The van der Waals surface area contributed by atoms with Crippen molar-refractivity contribution in [1.29, 1.82) is 0 Å². The van der Waals surface area contributed by atoms with E-state index in [0.29, 0.717) is 16.5 Å². The highest BCUT2D eigenvalue weighted by molar-refractivity contribution is 7.97. The van der Waals surface area contributed by atoms with Gasteiger partial charge in [-0.15, -0.1) is 0 Å². The SMILES string of the molecule is COc1ccc(NC(=O)CN(C)Sc2cc(C)cc3cc[nH]c23)cc1Cl. The molecule has 136 valence electrons. The minimum Gasteiger partial charge on any atom is -0.495 e. The number of aromatic amines is 1. The van der Waals surface area contributed by atoms with E-state index in [2.05, 4.69) is 29.4 Å². The van der Waals surface area contributed by atoms with Crippen LogP contribution in [-0.4, -0.2) is 35.9 Å². The molecule has 7 heteroatoms. The van der Waals surface area contributed by atoms with E-state index in [1.165, 1.54) is 22.9 Å². The molecule has 3 aromatic rings. The van der Waals surface area contributed by atoms with Crippen LogP contribution in [0.15, 0.2) is 47.5 Å². The standard InChI is InChI=1S/C19H20ClN3O2S/c1-12-8-13-6-7-21-19(13)17(9-12)26-23(2)11-18(24)22-14-4-5-16(25-3)15(20)10-14/h4-10,21H,11H2,1-3H3,(H,22,24). The Labute approximate surface area is 161 Å². The van der Waals surface area contributed by atoms with Gasteiger partial charge in [0.15, 0.2) is 0 Å². The van der Waals surface area contributed by atoms with Crippen molar-refractivity contribution in [3.05, 3.63) is 53.2 Å². The van der Waals surface area contributed by atoms with Crippen molar-refractivity contribution in [2.45, 2.75) is 11.8 Å². The Kier molecular flexibility index (Phi) is 5.76. The predicted octanol–water partition coefficient (Wildman–Crippen LogP) is 4.72. The summed E-state index contributed by atoms with van der Waals surface area (Å²) in [5.74, 6) is 0.461. The smallest absolute Gasteiger partial charge is 0.239 e. The first-order valence-electron chi connectivity index (χ1n) is 8.06. The van der Waals surface area contributed by atoms with Crippen molar-refractivity contribution < 1.29 is 9.53 Å². The van der Waals surface area contributed by atoms with Crippen molar-refractivity contribution in [2.24, 2.45) is 0 Å². The van der Waals surface area contributed by atoms with E-state index >= 15 is 0 Å². The second kappa shape index (κ2) is 8.03. The van der Waals surface area contributed by atoms with Crippen LogP contribution in [0.1, 0.15) is 5.56 Å². The van der Waals surface area contributed by atoms with Gasteiger partial charge in [-0.3, -0.25) is 4.79 Å². The Hall–Kier alpha value is -2.15. The van der Waals surface area contributed by atoms with Crippen LogP contribution < -0.4 is 10.1 Å². The Morgan fingerprint density at radius 1 is 1.31 bits per heavy atom. The highest BCUT2D eigenvalue weighted by Gasteiger charge is 2.12. The van der Waals surface area contributed by atoms with E-state index in [1.54, 1.807) is 25.3 Å². The topological polar surface area (TPSA) is 57.4 Å². The molecule has 0 radical (unpaired) electrons. The van der Waals surface area contributed by atoms with Gasteiger partial charge in [0.05, 0.1) is 24.2 Å². The number of H-pyrrole nitrogens is 1. The quantitative estimate of drug-likeness (QED) is 0.599. The van der Waals surface area contributed by atoms with Gasteiger partial charge in [0.25, 0.3) is 0 Å². The van der Waals surface area contributed by atoms with Gasteiger partial charge in [-0.2, -0.15) is 0 Å². The number of methoxy groups -OCH3 is 1. The van der Waals surface area contributed by atoms with Gasteiger partial charge in [-0.25, -0.2) is 4.31 Å². The molecule has 26 heavy (non-hydrogen) atoms. The second-order valence-corrected chi connectivity index (χ2v) is 7.63. The lowest BCUT2D eigenvalue weighted by atomic mass is 10.2. The number of nitrogens with zero attached hydrogens (tertiary/aromatic N) is 1. The average Bonchev–Trinajstić information content (AvgIpc) is 3.03. The number of carbonyl (C=O) groups is 1. The van der Waals surface area contributed by atoms with Crippen LogP contribution in [0.5, 0.6) is 5.75 Å². The van der Waals surface area contributed by atoms with Gasteiger partial charge in [0, 0.05) is 22.2 Å². The zero-order valence-electron chi connectivity index (χ0n) is 14.8. The molecule has 0 bridgehead atoms. The Morgan fingerprint density at radius 3 is 2.85 bits per heavy atom. The van der Waals surface area contributed by atoms with E-state index in [1.807, 2.05) is 23.6 Å². The number of anilines is 1. The fraction of sp³-hybridized carbons (Fsp3) is 0.211. The maximum atomic E-state index is 12.3. The molecule has 0 saturated heterocycles. The van der Waals surface area contributed by atoms with Gasteiger partial charge < -0.3 is 15.0 Å². The van der Waals surface area contributed by atoms with Crippen LogP contribution in [-0.2, 0) is 4.79 Å². The monoisotopic (exact) mass is 389 g/mol. The van der Waals surface area contributed by atoms with Gasteiger partial charge in [-0.1, -0.05) is 11.6 Å². The minimum atomic E-state index is -0.114. The maximum Gasteiger partial charge on any atom is 0.239 e. The summed E-state index contributed by atoms with van der Waals surface area (Å²) in [6, 6.07) is 11.5. The fourth-order valence-corrected chi connectivity index (χ4v) is 3.98. The van der Waals surface area contributed by atoms with Crippen molar-refractivity contribution in [3.8, 4) is 5.75 Å². The zero-order valence-corrected chi connectivity index (χ0v) is 16.4. The minimum absolute atomic E-state index is 0.114. The first kappa shape index (κ1) is 18.6. The highest BCUT2D eigenvalue weighted by atomic mass is 35.5. The molecule has 1 amide bonds. The Bertz CT molecular complexity index is 942. The number of aryl methyl sites for hydroxylation is 1. The van der Waals surface area contributed by atoms with Crippen LogP contribution in [0.2, 0.25) is 5.02 Å². The van der Waals surface area contributed by atoms with Gasteiger partial charge in [0.1, 0.15) is 5.75 Å². The van der Waals surface area contributed by atoms with E-state index in [4.69, 9.17) is 16.3 Å². The molecule has 0 fully saturated rings. The Morgan fingerprint density at radius 2 is 2.12 bits per heavy atom. The lowest BCUT2D eigenvalue weighted by molar-refractivity contribution is -0.116. The number of benzene rings is 2. The third kappa shape index (κ3) is 4.33. The summed E-state index contributed by atoms with van der Waals surface area (Å²) >= 11 is 7.63. The molecule has 0 spiro atoms. The van der Waals surface area contributed by atoms with Crippen molar-refractivity contribution >= 4 is 46.0 Å². The van der Waals surface area contributed by atoms with Gasteiger partial charge in [-0.05, 0) is 67.9 Å². The summed E-state index contributed by atoms with van der Waals surface area (Å²) < 4.78 is 7.01. The summed E-state index contributed by atoms with van der Waals surface area (Å²) in [5, 5.41) is 4.48. The number of hydrogen-bond acceptors (Lipinski definition) is 4. The van der Waals surface area contributed by atoms with Crippen molar-refractivity contribution in [2.75, 3.05) is 26.0 Å². The van der Waals surface area contributed by atoms with Crippen molar-refractivity contribution in [3.63, 3.8) is 0 Å². The lowest BCUT2D eigenvalue weighted by Gasteiger charge is -2.16. The third-order valence-electron chi connectivity index (χ3n) is 3.82. The van der Waals surface area contributed by atoms with Crippen molar-refractivity contribution in [1.82, 2.24) is 9.29 Å². The van der Waals surface area contributed by atoms with Crippen LogP contribution in [0.25, 0.3) is 10.9 Å². The van der Waals surface area contributed by atoms with E-state index in [-0.39, 0.29) is 12.5 Å². The molecule has 0 aliphatic rings. The first-order valence-corrected chi connectivity index (χ1v) is 9.21. The van der Waals surface area contributed by atoms with E-state index in [9.17, 15) is 4.79 Å². The second-order valence-electron chi connectivity index (χ2n) is 5.98. The number of nitrogens with one attached hydrogen (secondary N) is 2. The van der Waals surface area contributed by atoms with Gasteiger partial charge in [0.2, 0.25) is 5.91 Å². The number of rotatable bonds is 6. The summed E-state index contributed by atoms with van der Waals surface area (Å²) in [7, 11) is 3.44. The van der Waals surface area contributed by atoms with Crippen LogP contribution in [0.3, 0.4) is 0 Å². The predicted molar refractivity (Wildman–Crippen MR) is 108 cm³/mol. The number of amides is 1. The molecular weight excluding hydrogens is 370 g/mol. The largest absolute Gasteiger partial charge is 0.495 e. The number of carbonyl (C=O) groups excluding carboxylic acids is 1. The normalized spacial score (nSPS) is 11.1. The highest BCUT2D eigenvalue weighted by Crippen LogP contribution is 2.30. The number of halogens is 1. The fourth-order valence-electron chi connectivity index (χ4n) is 2.70. The van der Waals surface area contributed by atoms with Crippen LogP contribution in [0.4, 0.5) is 5.69 Å². The molecule has 5 nitrogen and oxygen atoms in total. The van der Waals surface area contributed by atoms with E-state index < -0.39 is 0 Å². The molecule has 2 N–H and O–H groups in total. The number of hydrogen-bond donors (Lipinski definition) is 2. The molecule has 1 heterocycles. The first-order chi connectivity index (χ1) is 12.5. The lowest BCUT2D eigenvalue weighted by Crippen LogP contribution is -2.25. The summed E-state index contributed by atoms with van der Waals surface area (Å²) in [6.07, 6.45) is 1.92. The molecular formula is C19H20ClN3O2S. The average molecular weight is 390 g/mol. The van der Waals surface area contributed by atoms with Crippen LogP contribution in [0, 0.1) is 6.92 Å². The summed E-state index contributed by atoms with van der Waals surface area (Å²) in [4.78, 5) is 16.7. The summed E-state index contributed by atoms with van der Waals surface area (Å²) in [5.41, 5.74) is 2.90. The number of ether oxygens (including phenoxy) is 1. The molecule has 0 saturated carbocycles. The number of fused-ring (bicyclic) bond motifs is 1. The molecule has 0 aliphatic carbocycles. The number of aromatic nitrogens is 1. The number of likely N-dealkylation sites (N-methyl/N-ethyl adjacent to an activating group) is 1. The third-order valence-corrected chi connectivity index (χ3v) is 5.08. The van der Waals surface area contributed by atoms with E-state index in [0.717, 1.165) is 10.4 Å². The molecule has 2 aromatic carbocycles. The zero-order chi connectivity index (χ0) is 18.7. The maximum absolute atomic E-state index is 12.3. The molecule has 0 unspecified atom stereocenters. The molecule has 3 rings (SSSR count). The van der Waals surface area contributed by atoms with Gasteiger partial charge >= 0.3 is 0 Å². The summed E-state index contributed by atoms with van der Waals surface area (Å²) in [6.45, 7) is 2.31. The molecule has 0 atom stereocenters.